The average Bonchev–Trinajstić information content (AvgIpc) is 2.28. The fourth-order valence-electron chi connectivity index (χ4n) is 2.20. The van der Waals surface area contributed by atoms with Crippen molar-refractivity contribution in [3.8, 4) is 5.75 Å². The number of hydrogen-bond donors (Lipinski definition) is 1. The van der Waals surface area contributed by atoms with Crippen LogP contribution in [0.3, 0.4) is 0 Å². The topological polar surface area (TPSA) is 41.6 Å². The summed E-state index contributed by atoms with van der Waals surface area (Å²) < 4.78 is 5.12. The van der Waals surface area contributed by atoms with Gasteiger partial charge in [-0.15, -0.1) is 0 Å². The Morgan fingerprint density at radius 1 is 1.29 bits per heavy atom. The van der Waals surface area contributed by atoms with Crippen molar-refractivity contribution >= 4 is 11.6 Å². The molecule has 0 bridgehead atoms. The Morgan fingerprint density at radius 2 is 1.94 bits per heavy atom. The molecule has 1 aromatic carbocycles. The summed E-state index contributed by atoms with van der Waals surface area (Å²) in [5.41, 5.74) is 0.714. The number of hydrogen-bond acceptors (Lipinski definition) is 3. The second-order valence-corrected chi connectivity index (χ2v) is 4.84. The molecule has 1 saturated heterocycles. The summed E-state index contributed by atoms with van der Waals surface area (Å²) in [7, 11) is 1.63. The van der Waals surface area contributed by atoms with Crippen molar-refractivity contribution in [2.75, 3.05) is 25.1 Å². The zero-order chi connectivity index (χ0) is 12.5. The number of nitrogens with one attached hydrogen (secondary N) is 1. The minimum absolute atomic E-state index is 0.103. The van der Waals surface area contributed by atoms with Crippen molar-refractivity contribution in [2.24, 2.45) is 0 Å². The van der Waals surface area contributed by atoms with E-state index in [2.05, 4.69) is 19.2 Å². The summed E-state index contributed by atoms with van der Waals surface area (Å²) in [5.74, 6) is 0.903. The molecule has 0 spiro atoms. The Labute approximate surface area is 102 Å². The van der Waals surface area contributed by atoms with Gasteiger partial charge in [0, 0.05) is 12.2 Å². The lowest BCUT2D eigenvalue weighted by Crippen LogP contribution is -2.61. The molecule has 4 heteroatoms. The van der Waals surface area contributed by atoms with Crippen molar-refractivity contribution < 1.29 is 9.53 Å². The van der Waals surface area contributed by atoms with E-state index in [0.717, 1.165) is 18.0 Å². The number of ether oxygens (including phenoxy) is 1. The van der Waals surface area contributed by atoms with Crippen molar-refractivity contribution in [3.05, 3.63) is 24.3 Å². The highest BCUT2D eigenvalue weighted by Gasteiger charge is 2.35. The van der Waals surface area contributed by atoms with Gasteiger partial charge in [0.25, 0.3) is 0 Å². The minimum Gasteiger partial charge on any atom is -0.497 e. The van der Waals surface area contributed by atoms with Crippen LogP contribution in [0.2, 0.25) is 0 Å². The van der Waals surface area contributed by atoms with Gasteiger partial charge in [-0.2, -0.15) is 0 Å². The average molecular weight is 234 g/mol. The summed E-state index contributed by atoms with van der Waals surface area (Å²) in [5, 5.41) is 3.13. The Bertz CT molecular complexity index is 412. The molecule has 1 heterocycles. The van der Waals surface area contributed by atoms with Gasteiger partial charge >= 0.3 is 0 Å². The fraction of sp³-hybridized carbons (Fsp3) is 0.462. The quantitative estimate of drug-likeness (QED) is 0.841. The lowest BCUT2D eigenvalue weighted by atomic mass is 9.99. The Kier molecular flexibility index (Phi) is 3.07. The maximum absolute atomic E-state index is 12.0. The zero-order valence-corrected chi connectivity index (χ0v) is 10.5. The molecule has 0 saturated carbocycles. The van der Waals surface area contributed by atoms with Gasteiger partial charge in [0.15, 0.2) is 0 Å². The number of carbonyl (C=O) groups is 1. The molecule has 1 amide bonds. The third-order valence-corrected chi connectivity index (χ3v) is 3.02. The van der Waals surface area contributed by atoms with E-state index in [1.165, 1.54) is 0 Å². The first kappa shape index (κ1) is 11.9. The second-order valence-electron chi connectivity index (χ2n) is 4.84. The fourth-order valence-corrected chi connectivity index (χ4v) is 2.20. The van der Waals surface area contributed by atoms with Gasteiger partial charge in [-0.25, -0.2) is 0 Å². The van der Waals surface area contributed by atoms with Crippen LogP contribution in [0, 0.1) is 0 Å². The molecule has 1 fully saturated rings. The lowest BCUT2D eigenvalue weighted by molar-refractivity contribution is -0.120. The van der Waals surface area contributed by atoms with E-state index < -0.39 is 0 Å². The summed E-state index contributed by atoms with van der Waals surface area (Å²) in [6, 6.07) is 7.59. The monoisotopic (exact) mass is 234 g/mol. The van der Waals surface area contributed by atoms with Gasteiger partial charge in [-0.3, -0.25) is 4.79 Å². The molecule has 1 aliphatic heterocycles. The molecule has 2 rings (SSSR count). The SMILES string of the molecule is COc1ccc(N2C(=O)CNCC2(C)C)cc1. The molecule has 92 valence electrons. The van der Waals surface area contributed by atoms with E-state index in [1.54, 1.807) is 7.11 Å². The molecule has 0 radical (unpaired) electrons. The minimum atomic E-state index is -0.204. The highest BCUT2D eigenvalue weighted by Crippen LogP contribution is 2.27. The van der Waals surface area contributed by atoms with E-state index in [4.69, 9.17) is 4.74 Å². The molecular weight excluding hydrogens is 216 g/mol. The number of benzene rings is 1. The van der Waals surface area contributed by atoms with Gasteiger partial charge in [-0.05, 0) is 38.1 Å². The second kappa shape index (κ2) is 4.37. The molecule has 4 nitrogen and oxygen atoms in total. The molecule has 1 aromatic rings. The predicted octanol–water partition coefficient (Wildman–Crippen LogP) is 1.41. The number of methoxy groups -OCH3 is 1. The summed E-state index contributed by atoms with van der Waals surface area (Å²) >= 11 is 0. The van der Waals surface area contributed by atoms with E-state index in [9.17, 15) is 4.79 Å². The predicted molar refractivity (Wildman–Crippen MR) is 67.4 cm³/mol. The third-order valence-electron chi connectivity index (χ3n) is 3.02. The standard InChI is InChI=1S/C13H18N2O2/c1-13(2)9-14-8-12(16)15(13)10-4-6-11(17-3)7-5-10/h4-7,14H,8-9H2,1-3H3. The highest BCUT2D eigenvalue weighted by atomic mass is 16.5. The maximum Gasteiger partial charge on any atom is 0.241 e. The molecule has 0 atom stereocenters. The van der Waals surface area contributed by atoms with Crippen molar-refractivity contribution in [1.29, 1.82) is 0 Å². The van der Waals surface area contributed by atoms with Crippen LogP contribution in [0.1, 0.15) is 13.8 Å². The number of carbonyl (C=O) groups excluding carboxylic acids is 1. The van der Waals surface area contributed by atoms with Crippen LogP contribution in [0.25, 0.3) is 0 Å². The first-order valence-corrected chi connectivity index (χ1v) is 5.72. The van der Waals surface area contributed by atoms with Gasteiger partial charge in [0.1, 0.15) is 5.75 Å². The Hall–Kier alpha value is -1.55. The van der Waals surface area contributed by atoms with Crippen LogP contribution in [0.5, 0.6) is 5.75 Å². The van der Waals surface area contributed by atoms with Gasteiger partial charge in [0.05, 0.1) is 19.2 Å². The van der Waals surface area contributed by atoms with Gasteiger partial charge in [0.2, 0.25) is 5.91 Å². The number of rotatable bonds is 2. The van der Waals surface area contributed by atoms with E-state index in [0.29, 0.717) is 6.54 Å². The number of amides is 1. The smallest absolute Gasteiger partial charge is 0.241 e. The van der Waals surface area contributed by atoms with Crippen LogP contribution in [0.15, 0.2) is 24.3 Å². The Morgan fingerprint density at radius 3 is 2.47 bits per heavy atom. The molecular formula is C13H18N2O2. The summed E-state index contributed by atoms with van der Waals surface area (Å²) in [6.07, 6.45) is 0. The zero-order valence-electron chi connectivity index (χ0n) is 10.5. The number of nitrogens with zero attached hydrogens (tertiary/aromatic N) is 1. The van der Waals surface area contributed by atoms with E-state index in [1.807, 2.05) is 29.2 Å². The van der Waals surface area contributed by atoms with Crippen LogP contribution in [-0.4, -0.2) is 31.6 Å². The molecule has 0 aromatic heterocycles. The first-order valence-electron chi connectivity index (χ1n) is 5.72. The van der Waals surface area contributed by atoms with Gasteiger partial charge < -0.3 is 15.0 Å². The molecule has 1 N–H and O–H groups in total. The molecule has 17 heavy (non-hydrogen) atoms. The van der Waals surface area contributed by atoms with Crippen molar-refractivity contribution in [1.82, 2.24) is 5.32 Å². The molecule has 0 aliphatic carbocycles. The van der Waals surface area contributed by atoms with Crippen LogP contribution >= 0.6 is 0 Å². The summed E-state index contributed by atoms with van der Waals surface area (Å²) in [6.45, 7) is 5.31. The maximum atomic E-state index is 12.0. The lowest BCUT2D eigenvalue weighted by Gasteiger charge is -2.42. The van der Waals surface area contributed by atoms with Gasteiger partial charge in [-0.1, -0.05) is 0 Å². The Balaban J connectivity index is 2.32. The summed E-state index contributed by atoms with van der Waals surface area (Å²) in [4.78, 5) is 13.8. The van der Waals surface area contributed by atoms with Crippen LogP contribution < -0.4 is 15.0 Å². The largest absolute Gasteiger partial charge is 0.497 e. The molecule has 1 aliphatic rings. The number of piperazine rings is 1. The van der Waals surface area contributed by atoms with Crippen molar-refractivity contribution in [3.63, 3.8) is 0 Å². The third kappa shape index (κ3) is 2.26. The number of anilines is 1. The van der Waals surface area contributed by atoms with Crippen LogP contribution in [-0.2, 0) is 4.79 Å². The van der Waals surface area contributed by atoms with Crippen molar-refractivity contribution in [2.45, 2.75) is 19.4 Å². The molecule has 0 unspecified atom stereocenters. The first-order chi connectivity index (χ1) is 8.04. The van der Waals surface area contributed by atoms with E-state index in [-0.39, 0.29) is 11.4 Å². The van der Waals surface area contributed by atoms with E-state index >= 15 is 0 Å². The highest BCUT2D eigenvalue weighted by molar-refractivity contribution is 5.97. The normalized spacial score (nSPS) is 19.2. The van der Waals surface area contributed by atoms with Crippen LogP contribution in [0.4, 0.5) is 5.69 Å².